The van der Waals surface area contributed by atoms with Crippen LogP contribution in [0.1, 0.15) is 43.4 Å². The lowest BCUT2D eigenvalue weighted by Crippen LogP contribution is -2.42. The standard InChI is InChI=1S/C18H22N4O4S2/c1-11-9-13(12(2)28-11)15(23)3-4-16(24)20-21-17(25)14-10-27-18(19-14)22-5-7-26-8-6-22/h9-10H,3-8H2,1-2H3,(H,20,24)(H,21,25). The van der Waals surface area contributed by atoms with Crippen LogP contribution in [0.2, 0.25) is 0 Å². The number of ketones is 1. The van der Waals surface area contributed by atoms with E-state index in [1.807, 2.05) is 19.9 Å². The number of aromatic nitrogens is 1. The van der Waals surface area contributed by atoms with Crippen LogP contribution in [-0.2, 0) is 9.53 Å². The average Bonchev–Trinajstić information content (AvgIpc) is 3.31. The molecule has 0 radical (unpaired) electrons. The number of anilines is 1. The summed E-state index contributed by atoms with van der Waals surface area (Å²) in [5.41, 5.74) is 5.59. The third-order valence-corrected chi connectivity index (χ3v) is 6.11. The number of amides is 2. The third kappa shape index (κ3) is 5.15. The zero-order valence-corrected chi connectivity index (χ0v) is 17.4. The van der Waals surface area contributed by atoms with Crippen molar-refractivity contribution < 1.29 is 19.1 Å². The first-order chi connectivity index (χ1) is 13.4. The van der Waals surface area contributed by atoms with Crippen molar-refractivity contribution in [2.75, 3.05) is 31.2 Å². The lowest BCUT2D eigenvalue weighted by atomic mass is 10.1. The second-order valence-electron chi connectivity index (χ2n) is 6.37. The molecule has 10 heteroatoms. The van der Waals surface area contributed by atoms with E-state index in [9.17, 15) is 14.4 Å². The highest BCUT2D eigenvalue weighted by Crippen LogP contribution is 2.22. The summed E-state index contributed by atoms with van der Waals surface area (Å²) in [5.74, 6) is -0.979. The second kappa shape index (κ2) is 9.26. The van der Waals surface area contributed by atoms with Gasteiger partial charge in [0.2, 0.25) is 5.91 Å². The van der Waals surface area contributed by atoms with Gasteiger partial charge < -0.3 is 9.64 Å². The molecule has 2 aromatic heterocycles. The number of nitrogens with zero attached hydrogens (tertiary/aromatic N) is 2. The van der Waals surface area contributed by atoms with E-state index in [-0.39, 0.29) is 24.3 Å². The minimum absolute atomic E-state index is 0.00351. The van der Waals surface area contributed by atoms with Gasteiger partial charge in [-0.3, -0.25) is 25.2 Å². The highest BCUT2D eigenvalue weighted by atomic mass is 32.1. The summed E-state index contributed by atoms with van der Waals surface area (Å²) >= 11 is 2.94. The lowest BCUT2D eigenvalue weighted by Gasteiger charge is -2.25. The van der Waals surface area contributed by atoms with E-state index < -0.39 is 11.8 Å². The molecule has 0 spiro atoms. The van der Waals surface area contributed by atoms with Crippen LogP contribution in [0.4, 0.5) is 5.13 Å². The van der Waals surface area contributed by atoms with Crippen LogP contribution in [-0.4, -0.2) is 48.9 Å². The molecule has 0 saturated carbocycles. The van der Waals surface area contributed by atoms with Crippen LogP contribution in [0.15, 0.2) is 11.4 Å². The van der Waals surface area contributed by atoms with Crippen LogP contribution in [0, 0.1) is 13.8 Å². The van der Waals surface area contributed by atoms with Crippen LogP contribution in [0.25, 0.3) is 0 Å². The number of Topliss-reactive ketones (excluding diaryl/α,β-unsaturated/α-hetero) is 1. The Labute approximate surface area is 170 Å². The Hall–Kier alpha value is -2.30. The Morgan fingerprint density at radius 1 is 1.18 bits per heavy atom. The largest absolute Gasteiger partial charge is 0.378 e. The molecular formula is C18H22N4O4S2. The van der Waals surface area contributed by atoms with Crippen molar-refractivity contribution in [2.45, 2.75) is 26.7 Å². The topological polar surface area (TPSA) is 101 Å². The van der Waals surface area contributed by atoms with E-state index in [4.69, 9.17) is 4.74 Å². The summed E-state index contributed by atoms with van der Waals surface area (Å²) in [4.78, 5) is 44.7. The molecular weight excluding hydrogens is 400 g/mol. The van der Waals surface area contributed by atoms with Gasteiger partial charge in [-0.2, -0.15) is 0 Å². The predicted molar refractivity (Wildman–Crippen MR) is 108 cm³/mol. The van der Waals surface area contributed by atoms with Gasteiger partial charge in [0.1, 0.15) is 5.69 Å². The van der Waals surface area contributed by atoms with Crippen LogP contribution < -0.4 is 15.8 Å². The summed E-state index contributed by atoms with van der Waals surface area (Å²) in [6.45, 7) is 6.59. The molecule has 0 aliphatic carbocycles. The van der Waals surface area contributed by atoms with E-state index in [1.54, 1.807) is 16.7 Å². The Morgan fingerprint density at radius 3 is 2.61 bits per heavy atom. The number of rotatable bonds is 6. The van der Waals surface area contributed by atoms with Crippen molar-refractivity contribution >= 4 is 45.4 Å². The van der Waals surface area contributed by atoms with Gasteiger partial charge in [-0.1, -0.05) is 0 Å². The van der Waals surface area contributed by atoms with Crippen molar-refractivity contribution in [1.29, 1.82) is 0 Å². The second-order valence-corrected chi connectivity index (χ2v) is 8.66. The number of nitrogens with one attached hydrogen (secondary N) is 2. The Kier molecular flexibility index (Phi) is 6.76. The molecule has 2 N–H and O–H groups in total. The van der Waals surface area contributed by atoms with Crippen molar-refractivity contribution in [2.24, 2.45) is 0 Å². The van der Waals surface area contributed by atoms with Crippen molar-refractivity contribution in [1.82, 2.24) is 15.8 Å². The molecule has 3 rings (SSSR count). The molecule has 0 atom stereocenters. The highest BCUT2D eigenvalue weighted by Gasteiger charge is 2.18. The van der Waals surface area contributed by atoms with Crippen LogP contribution >= 0.6 is 22.7 Å². The van der Waals surface area contributed by atoms with Crippen LogP contribution in [0.3, 0.4) is 0 Å². The molecule has 1 fully saturated rings. The quantitative estimate of drug-likeness (QED) is 0.546. The number of thiazole rings is 1. The summed E-state index contributed by atoms with van der Waals surface area (Å²) in [6, 6.07) is 1.84. The fourth-order valence-electron chi connectivity index (χ4n) is 2.79. The fraction of sp³-hybridized carbons (Fsp3) is 0.444. The zero-order valence-electron chi connectivity index (χ0n) is 15.7. The first-order valence-electron chi connectivity index (χ1n) is 8.91. The van der Waals surface area contributed by atoms with E-state index in [0.717, 1.165) is 28.0 Å². The molecule has 28 heavy (non-hydrogen) atoms. The number of hydrogen-bond acceptors (Lipinski definition) is 8. The maximum absolute atomic E-state index is 12.2. The molecule has 150 valence electrons. The average molecular weight is 423 g/mol. The fourth-order valence-corrected chi connectivity index (χ4v) is 4.59. The monoisotopic (exact) mass is 422 g/mol. The molecule has 1 aliphatic heterocycles. The van der Waals surface area contributed by atoms with E-state index >= 15 is 0 Å². The van der Waals surface area contributed by atoms with Gasteiger partial charge in [0.25, 0.3) is 5.91 Å². The maximum Gasteiger partial charge on any atom is 0.289 e. The molecule has 1 aliphatic rings. The normalized spacial score (nSPS) is 14.0. The van der Waals surface area contributed by atoms with Crippen molar-refractivity contribution in [3.8, 4) is 0 Å². The summed E-state index contributed by atoms with van der Waals surface area (Å²) in [5, 5.41) is 2.41. The minimum Gasteiger partial charge on any atom is -0.378 e. The SMILES string of the molecule is Cc1cc(C(=O)CCC(=O)NNC(=O)c2csc(N3CCOCC3)n2)c(C)s1. The Bertz CT molecular complexity index is 871. The van der Waals surface area contributed by atoms with Gasteiger partial charge >= 0.3 is 0 Å². The predicted octanol–water partition coefficient (Wildman–Crippen LogP) is 2.08. The molecule has 0 aromatic carbocycles. The number of hydrazine groups is 1. The highest BCUT2D eigenvalue weighted by molar-refractivity contribution is 7.14. The van der Waals surface area contributed by atoms with E-state index in [2.05, 4.69) is 20.7 Å². The molecule has 2 aromatic rings. The van der Waals surface area contributed by atoms with Gasteiger partial charge in [0.15, 0.2) is 10.9 Å². The molecule has 3 heterocycles. The van der Waals surface area contributed by atoms with Gasteiger partial charge in [0.05, 0.1) is 13.2 Å². The van der Waals surface area contributed by atoms with Crippen molar-refractivity contribution in [3.63, 3.8) is 0 Å². The zero-order chi connectivity index (χ0) is 20.1. The molecule has 2 amide bonds. The number of hydrogen-bond donors (Lipinski definition) is 2. The molecule has 0 unspecified atom stereocenters. The molecule has 8 nitrogen and oxygen atoms in total. The van der Waals surface area contributed by atoms with E-state index in [1.165, 1.54) is 11.3 Å². The number of carbonyl (C=O) groups is 3. The number of carbonyl (C=O) groups excluding carboxylic acids is 3. The number of thiophene rings is 1. The van der Waals surface area contributed by atoms with Crippen LogP contribution in [0.5, 0.6) is 0 Å². The maximum atomic E-state index is 12.2. The van der Waals surface area contributed by atoms with Gasteiger partial charge in [-0.05, 0) is 19.9 Å². The third-order valence-electron chi connectivity index (χ3n) is 4.24. The Balaban J connectivity index is 1.44. The minimum atomic E-state index is -0.486. The van der Waals surface area contributed by atoms with Gasteiger partial charge in [-0.15, -0.1) is 22.7 Å². The number of aryl methyl sites for hydroxylation is 2. The number of ether oxygens (including phenoxy) is 1. The lowest BCUT2D eigenvalue weighted by molar-refractivity contribution is -0.121. The Morgan fingerprint density at radius 2 is 1.93 bits per heavy atom. The number of morpholine rings is 1. The first-order valence-corrected chi connectivity index (χ1v) is 10.6. The smallest absolute Gasteiger partial charge is 0.289 e. The summed E-state index contributed by atoms with van der Waals surface area (Å²) in [7, 11) is 0. The van der Waals surface area contributed by atoms with Crippen molar-refractivity contribution in [3.05, 3.63) is 32.5 Å². The van der Waals surface area contributed by atoms with E-state index in [0.29, 0.717) is 18.8 Å². The molecule has 1 saturated heterocycles. The summed E-state index contributed by atoms with van der Waals surface area (Å²) < 4.78 is 5.30. The summed E-state index contributed by atoms with van der Waals surface area (Å²) in [6.07, 6.45) is 0.0974. The van der Waals surface area contributed by atoms with Gasteiger partial charge in [-0.25, -0.2) is 4.98 Å². The van der Waals surface area contributed by atoms with Gasteiger partial charge in [0, 0.05) is 46.6 Å². The molecule has 0 bridgehead atoms. The first kappa shape index (κ1) is 20.4.